The number of anilines is 1. The number of nitrogens with one attached hydrogen (secondary N) is 1. The molecule has 1 amide bonds. The van der Waals surface area contributed by atoms with Crippen LogP contribution in [0.2, 0.25) is 0 Å². The Balaban J connectivity index is 1.51. The van der Waals surface area contributed by atoms with Gasteiger partial charge in [-0.2, -0.15) is 0 Å². The first-order valence-corrected chi connectivity index (χ1v) is 18.1. The van der Waals surface area contributed by atoms with E-state index in [4.69, 9.17) is 9.47 Å². The van der Waals surface area contributed by atoms with Crippen LogP contribution >= 0.6 is 0 Å². The Morgan fingerprint density at radius 3 is 2.08 bits per heavy atom. The number of carbonyl (C=O) groups is 3. The van der Waals surface area contributed by atoms with E-state index in [0.717, 1.165) is 11.3 Å². The van der Waals surface area contributed by atoms with Crippen molar-refractivity contribution in [2.75, 3.05) is 11.9 Å². The summed E-state index contributed by atoms with van der Waals surface area (Å²) in [6.45, 7) is 8.06. The summed E-state index contributed by atoms with van der Waals surface area (Å²) in [5.74, 6) is -1.62. The number of unbranched alkanes of at least 4 members (excludes halogenated alkanes) is 2. The van der Waals surface area contributed by atoms with Crippen molar-refractivity contribution in [1.82, 2.24) is 4.57 Å². The van der Waals surface area contributed by atoms with Crippen molar-refractivity contribution in [3.05, 3.63) is 102 Å². The van der Waals surface area contributed by atoms with E-state index >= 15 is 0 Å². The van der Waals surface area contributed by atoms with E-state index in [1.165, 1.54) is 12.1 Å². The summed E-state index contributed by atoms with van der Waals surface area (Å²) in [6.07, 6.45) is -0.124. The lowest BCUT2D eigenvalue weighted by Crippen LogP contribution is -2.23. The standard InChI is InChI=1S/C42H51FN2O7/c1-28(2)40-39(42(50)44-33-16-10-6-11-17-33)38(30-14-8-5-9-15-30)41(31-19-21-32(43)22-20-31)45(40)24-23-34(46)26-35(47)27-37(49)51-25-13-7-12-18-36(48)52-29(3)4/h5-6,8-11,14-17,19-22,28-29,34-35,46-47H,7,12-13,18,23-27H2,1-4H3,(H,44,50)/t34-,35-/m1/s1. The van der Waals surface area contributed by atoms with Crippen molar-refractivity contribution in [2.45, 2.75) is 103 Å². The molecule has 0 spiro atoms. The lowest BCUT2D eigenvalue weighted by molar-refractivity contribution is -0.148. The molecule has 52 heavy (non-hydrogen) atoms. The Morgan fingerprint density at radius 1 is 0.788 bits per heavy atom. The minimum atomic E-state index is -1.12. The fourth-order valence-electron chi connectivity index (χ4n) is 6.31. The Hall–Kier alpha value is -4.80. The van der Waals surface area contributed by atoms with Crippen LogP contribution in [0.25, 0.3) is 22.4 Å². The topological polar surface area (TPSA) is 127 Å². The predicted octanol–water partition coefficient (Wildman–Crippen LogP) is 8.28. The number of hydrogen-bond donors (Lipinski definition) is 3. The van der Waals surface area contributed by atoms with Crippen LogP contribution in [0, 0.1) is 5.82 Å². The zero-order chi connectivity index (χ0) is 37.6. The number of rotatable bonds is 19. The fourth-order valence-corrected chi connectivity index (χ4v) is 6.31. The number of aliphatic hydroxyl groups excluding tert-OH is 2. The SMILES string of the molecule is CC(C)OC(=O)CCCCCOC(=O)C[C@H](O)C[C@H](O)CCn1c(-c2ccc(F)cc2)c(-c2ccccc2)c(C(=O)Nc2ccccc2)c1C(C)C. The van der Waals surface area contributed by atoms with Crippen LogP contribution in [-0.2, 0) is 25.6 Å². The molecule has 1 aromatic heterocycles. The normalized spacial score (nSPS) is 12.5. The minimum absolute atomic E-state index is 0.0515. The Labute approximate surface area is 305 Å². The second kappa shape index (κ2) is 19.7. The summed E-state index contributed by atoms with van der Waals surface area (Å²) >= 11 is 0. The van der Waals surface area contributed by atoms with Gasteiger partial charge >= 0.3 is 11.9 Å². The highest BCUT2D eigenvalue weighted by atomic mass is 19.1. The maximum absolute atomic E-state index is 14.2. The molecule has 4 aromatic rings. The molecule has 0 bridgehead atoms. The lowest BCUT2D eigenvalue weighted by Gasteiger charge is -2.20. The van der Waals surface area contributed by atoms with Crippen LogP contribution in [0.15, 0.2) is 84.9 Å². The van der Waals surface area contributed by atoms with Crippen molar-refractivity contribution in [1.29, 1.82) is 0 Å². The molecule has 0 aliphatic rings. The van der Waals surface area contributed by atoms with E-state index in [-0.39, 0.29) is 62.1 Å². The highest BCUT2D eigenvalue weighted by molar-refractivity contribution is 6.12. The first kappa shape index (κ1) is 40.0. The molecule has 1 heterocycles. The van der Waals surface area contributed by atoms with E-state index in [0.29, 0.717) is 53.8 Å². The van der Waals surface area contributed by atoms with Gasteiger partial charge in [-0.15, -0.1) is 0 Å². The number of amides is 1. The molecular weight excluding hydrogens is 663 g/mol. The lowest BCUT2D eigenvalue weighted by atomic mass is 9.94. The highest BCUT2D eigenvalue weighted by Crippen LogP contribution is 2.42. The van der Waals surface area contributed by atoms with E-state index in [9.17, 15) is 29.0 Å². The van der Waals surface area contributed by atoms with Crippen LogP contribution in [0.3, 0.4) is 0 Å². The van der Waals surface area contributed by atoms with Crippen molar-refractivity contribution in [3.8, 4) is 22.4 Å². The van der Waals surface area contributed by atoms with Crippen LogP contribution in [0.1, 0.15) is 94.6 Å². The first-order chi connectivity index (χ1) is 24.9. The monoisotopic (exact) mass is 714 g/mol. The number of aromatic nitrogens is 1. The molecule has 4 rings (SSSR count). The third kappa shape index (κ3) is 11.6. The number of para-hydroxylation sites is 1. The Morgan fingerprint density at radius 2 is 1.44 bits per heavy atom. The average molecular weight is 715 g/mol. The van der Waals surface area contributed by atoms with Crippen LogP contribution in [0.4, 0.5) is 10.1 Å². The molecule has 0 aliphatic heterocycles. The van der Waals surface area contributed by atoms with Gasteiger partial charge in [0.1, 0.15) is 5.82 Å². The number of aliphatic hydroxyl groups is 2. The molecule has 0 aliphatic carbocycles. The molecule has 0 fully saturated rings. The molecule has 9 nitrogen and oxygen atoms in total. The summed E-state index contributed by atoms with van der Waals surface area (Å²) < 4.78 is 26.6. The number of nitrogens with zero attached hydrogens (tertiary/aromatic N) is 1. The molecule has 3 aromatic carbocycles. The molecule has 3 N–H and O–H groups in total. The average Bonchev–Trinajstić information content (AvgIpc) is 3.45. The predicted molar refractivity (Wildman–Crippen MR) is 200 cm³/mol. The molecule has 0 saturated carbocycles. The van der Waals surface area contributed by atoms with Gasteiger partial charge in [0.25, 0.3) is 5.91 Å². The van der Waals surface area contributed by atoms with Crippen LogP contribution < -0.4 is 5.32 Å². The Bertz CT molecular complexity index is 1740. The summed E-state index contributed by atoms with van der Waals surface area (Å²) in [4.78, 5) is 38.3. The van der Waals surface area contributed by atoms with Crippen molar-refractivity contribution in [3.63, 3.8) is 0 Å². The van der Waals surface area contributed by atoms with Gasteiger partial charge in [-0.25, -0.2) is 4.39 Å². The third-order valence-electron chi connectivity index (χ3n) is 8.58. The second-order valence-electron chi connectivity index (χ2n) is 13.6. The zero-order valence-corrected chi connectivity index (χ0v) is 30.5. The van der Waals surface area contributed by atoms with Gasteiger partial charge < -0.3 is 29.6 Å². The highest BCUT2D eigenvalue weighted by Gasteiger charge is 2.31. The van der Waals surface area contributed by atoms with Crippen LogP contribution in [0.5, 0.6) is 0 Å². The summed E-state index contributed by atoms with van der Waals surface area (Å²) in [6, 6.07) is 24.9. The molecule has 10 heteroatoms. The molecule has 278 valence electrons. The largest absolute Gasteiger partial charge is 0.466 e. The molecule has 0 radical (unpaired) electrons. The van der Waals surface area contributed by atoms with E-state index < -0.39 is 18.2 Å². The van der Waals surface area contributed by atoms with Crippen molar-refractivity contribution < 1.29 is 38.5 Å². The van der Waals surface area contributed by atoms with Gasteiger partial charge in [-0.3, -0.25) is 14.4 Å². The quantitative estimate of drug-likeness (QED) is 0.0659. The van der Waals surface area contributed by atoms with Crippen molar-refractivity contribution in [2.24, 2.45) is 0 Å². The smallest absolute Gasteiger partial charge is 0.308 e. The van der Waals surface area contributed by atoms with Crippen molar-refractivity contribution >= 4 is 23.5 Å². The van der Waals surface area contributed by atoms with Gasteiger partial charge in [-0.05, 0) is 99.4 Å². The number of hydrogen-bond acceptors (Lipinski definition) is 7. The molecular formula is C42H51FN2O7. The number of esters is 2. The van der Waals surface area contributed by atoms with Gasteiger partial charge in [-0.1, -0.05) is 62.4 Å². The first-order valence-electron chi connectivity index (χ1n) is 18.1. The van der Waals surface area contributed by atoms with Gasteiger partial charge in [0, 0.05) is 29.9 Å². The maximum Gasteiger partial charge on any atom is 0.308 e. The summed E-state index contributed by atoms with van der Waals surface area (Å²) in [7, 11) is 0. The van der Waals surface area contributed by atoms with Gasteiger partial charge in [0.05, 0.1) is 42.6 Å². The third-order valence-corrected chi connectivity index (χ3v) is 8.58. The van der Waals surface area contributed by atoms with E-state index in [1.807, 2.05) is 79.1 Å². The molecule has 0 saturated heterocycles. The second-order valence-corrected chi connectivity index (χ2v) is 13.6. The minimum Gasteiger partial charge on any atom is -0.466 e. The molecule has 2 atom stereocenters. The maximum atomic E-state index is 14.2. The number of ether oxygens (including phenoxy) is 2. The summed E-state index contributed by atoms with van der Waals surface area (Å²) in [5.41, 5.74) is 4.79. The van der Waals surface area contributed by atoms with Crippen LogP contribution in [-0.4, -0.2) is 57.5 Å². The summed E-state index contributed by atoms with van der Waals surface area (Å²) in [5, 5.41) is 24.8. The number of carbonyl (C=O) groups excluding carboxylic acids is 3. The Kier molecular flexibility index (Phi) is 15.2. The fraction of sp³-hybridized carbons (Fsp3) is 0.405. The molecule has 0 unspecified atom stereocenters. The van der Waals surface area contributed by atoms with E-state index in [2.05, 4.69) is 5.32 Å². The zero-order valence-electron chi connectivity index (χ0n) is 30.5. The number of benzene rings is 3. The van der Waals surface area contributed by atoms with Gasteiger partial charge in [0.15, 0.2) is 0 Å². The van der Waals surface area contributed by atoms with Gasteiger partial charge in [0.2, 0.25) is 0 Å². The number of halogens is 1. The van der Waals surface area contributed by atoms with E-state index in [1.54, 1.807) is 26.0 Å².